The zero-order valence-electron chi connectivity index (χ0n) is 12.1. The predicted octanol–water partition coefficient (Wildman–Crippen LogP) is 2.75. The highest BCUT2D eigenvalue weighted by atomic mass is 16.6. The van der Waals surface area contributed by atoms with E-state index in [2.05, 4.69) is 0 Å². The van der Waals surface area contributed by atoms with Gasteiger partial charge >= 0.3 is 12.1 Å². The van der Waals surface area contributed by atoms with Crippen LogP contribution in [0.3, 0.4) is 0 Å². The van der Waals surface area contributed by atoms with Gasteiger partial charge in [0.05, 0.1) is 4.92 Å². The maximum atomic E-state index is 11.8. The number of carbonyl (C=O) groups is 2. The molecule has 9 heteroatoms. The molecule has 24 heavy (non-hydrogen) atoms. The van der Waals surface area contributed by atoms with Gasteiger partial charge in [0, 0.05) is 6.07 Å². The minimum atomic E-state index is -1.67. The topological polar surface area (TPSA) is 139 Å². The molecule has 0 aliphatic rings. The lowest BCUT2D eigenvalue weighted by molar-refractivity contribution is -0.385. The van der Waals surface area contributed by atoms with Gasteiger partial charge in [0.15, 0.2) is 5.56 Å². The first-order valence-corrected chi connectivity index (χ1v) is 6.61. The smallest absolute Gasteiger partial charge is 0.412 e. The van der Waals surface area contributed by atoms with Gasteiger partial charge in [-0.2, -0.15) is 0 Å². The molecule has 0 unspecified atom stereocenters. The van der Waals surface area contributed by atoms with E-state index in [1.54, 1.807) is 30.3 Å². The third-order valence-electron chi connectivity index (χ3n) is 3.01. The van der Waals surface area contributed by atoms with Crippen LogP contribution < -0.4 is 5.32 Å². The monoisotopic (exact) mass is 332 g/mol. The highest BCUT2D eigenvalue weighted by Crippen LogP contribution is 2.34. The summed E-state index contributed by atoms with van der Waals surface area (Å²) in [5, 5.41) is 31.8. The molecular formula is C15H12N2O7. The first-order chi connectivity index (χ1) is 11.4. The van der Waals surface area contributed by atoms with Gasteiger partial charge in [-0.1, -0.05) is 30.3 Å². The number of hydrogen-bond acceptors (Lipinski definition) is 6. The molecule has 0 radical (unpaired) electrons. The van der Waals surface area contributed by atoms with E-state index >= 15 is 0 Å². The van der Waals surface area contributed by atoms with Crippen molar-refractivity contribution in [2.24, 2.45) is 0 Å². The van der Waals surface area contributed by atoms with E-state index in [4.69, 9.17) is 9.84 Å². The molecule has 0 atom stereocenters. The van der Waals surface area contributed by atoms with Crippen LogP contribution >= 0.6 is 0 Å². The first-order valence-electron chi connectivity index (χ1n) is 6.61. The number of amides is 1. The van der Waals surface area contributed by atoms with Gasteiger partial charge in [-0.15, -0.1) is 0 Å². The van der Waals surface area contributed by atoms with Crippen LogP contribution in [-0.2, 0) is 11.3 Å². The van der Waals surface area contributed by atoms with Crippen molar-refractivity contribution in [3.05, 3.63) is 63.7 Å². The van der Waals surface area contributed by atoms with Crippen molar-refractivity contribution in [1.29, 1.82) is 0 Å². The number of nitro benzene ring substituents is 1. The molecule has 9 nitrogen and oxygen atoms in total. The van der Waals surface area contributed by atoms with E-state index < -0.39 is 39.7 Å². The summed E-state index contributed by atoms with van der Waals surface area (Å²) < 4.78 is 4.90. The summed E-state index contributed by atoms with van der Waals surface area (Å²) in [6.45, 7) is -0.0925. The second kappa shape index (κ2) is 7.09. The molecule has 1 amide bonds. The summed E-state index contributed by atoms with van der Waals surface area (Å²) >= 11 is 0. The number of rotatable bonds is 5. The van der Waals surface area contributed by atoms with Crippen molar-refractivity contribution in [3.8, 4) is 5.75 Å². The Morgan fingerprint density at radius 1 is 1.17 bits per heavy atom. The number of carboxylic acid groups (broad SMARTS) is 1. The standard InChI is InChI=1S/C15H12N2O7/c18-11-7-6-10(17(22)23)12(14(19)20)13(11)16-15(21)24-8-9-4-2-1-3-5-9/h1-7,18H,8H2,(H,16,21)(H,19,20). The molecule has 0 spiro atoms. The Labute approximate surface area is 135 Å². The van der Waals surface area contributed by atoms with Gasteiger partial charge in [0.2, 0.25) is 0 Å². The van der Waals surface area contributed by atoms with Gasteiger partial charge in [-0.05, 0) is 11.6 Å². The largest absolute Gasteiger partial charge is 0.506 e. The Morgan fingerprint density at radius 3 is 2.42 bits per heavy atom. The van der Waals surface area contributed by atoms with E-state index in [0.717, 1.165) is 12.1 Å². The molecule has 0 aliphatic carbocycles. The zero-order valence-corrected chi connectivity index (χ0v) is 12.1. The number of hydrogen-bond donors (Lipinski definition) is 3. The van der Waals surface area contributed by atoms with Crippen LogP contribution in [0.1, 0.15) is 15.9 Å². The molecule has 0 aromatic heterocycles. The van der Waals surface area contributed by atoms with Crippen molar-refractivity contribution in [2.75, 3.05) is 5.32 Å². The Balaban J connectivity index is 2.22. The van der Waals surface area contributed by atoms with Crippen molar-refractivity contribution < 1.29 is 29.5 Å². The molecule has 0 aliphatic heterocycles. The number of phenols is 1. The molecule has 0 bridgehead atoms. The number of carboxylic acids is 1. The van der Waals surface area contributed by atoms with E-state index in [1.165, 1.54) is 0 Å². The normalized spacial score (nSPS) is 10.0. The third kappa shape index (κ3) is 3.77. The average Bonchev–Trinajstić information content (AvgIpc) is 2.55. The molecule has 0 saturated heterocycles. The van der Waals surface area contributed by atoms with Crippen LogP contribution in [0.4, 0.5) is 16.2 Å². The lowest BCUT2D eigenvalue weighted by Crippen LogP contribution is -2.17. The summed E-state index contributed by atoms with van der Waals surface area (Å²) in [6.07, 6.45) is -1.06. The lowest BCUT2D eigenvalue weighted by Gasteiger charge is -2.11. The molecule has 0 heterocycles. The van der Waals surface area contributed by atoms with E-state index in [0.29, 0.717) is 5.56 Å². The number of ether oxygens (including phenoxy) is 1. The Bertz CT molecular complexity index is 790. The van der Waals surface area contributed by atoms with Crippen LogP contribution in [0.25, 0.3) is 0 Å². The van der Waals surface area contributed by atoms with Crippen LogP contribution in [0.5, 0.6) is 5.75 Å². The summed E-state index contributed by atoms with van der Waals surface area (Å²) in [7, 11) is 0. The van der Waals surface area contributed by atoms with E-state index in [1.807, 2.05) is 5.32 Å². The fraction of sp³-hybridized carbons (Fsp3) is 0.0667. The fourth-order valence-electron chi connectivity index (χ4n) is 1.94. The van der Waals surface area contributed by atoms with E-state index in [-0.39, 0.29) is 6.61 Å². The first kappa shape index (κ1) is 16.7. The summed E-state index contributed by atoms with van der Waals surface area (Å²) in [4.78, 5) is 33.0. The number of anilines is 1. The van der Waals surface area contributed by atoms with Crippen LogP contribution in [0, 0.1) is 10.1 Å². The minimum absolute atomic E-state index is 0.0925. The summed E-state index contributed by atoms with van der Waals surface area (Å²) in [5.41, 5.74) is -1.51. The number of benzene rings is 2. The second-order valence-electron chi connectivity index (χ2n) is 4.60. The van der Waals surface area contributed by atoms with Gasteiger partial charge in [-0.3, -0.25) is 15.4 Å². The van der Waals surface area contributed by atoms with Crippen LogP contribution in [0.2, 0.25) is 0 Å². The third-order valence-corrected chi connectivity index (χ3v) is 3.01. The predicted molar refractivity (Wildman–Crippen MR) is 82.0 cm³/mol. The highest BCUT2D eigenvalue weighted by Gasteiger charge is 2.27. The van der Waals surface area contributed by atoms with Gasteiger partial charge < -0.3 is 14.9 Å². The Hall–Kier alpha value is -3.62. The fourth-order valence-corrected chi connectivity index (χ4v) is 1.94. The maximum Gasteiger partial charge on any atom is 0.412 e. The van der Waals surface area contributed by atoms with Gasteiger partial charge in [0.25, 0.3) is 5.69 Å². The maximum absolute atomic E-state index is 11.8. The molecule has 124 valence electrons. The number of nitrogens with zero attached hydrogens (tertiary/aromatic N) is 1. The molecule has 0 saturated carbocycles. The van der Waals surface area contributed by atoms with Gasteiger partial charge in [-0.25, -0.2) is 9.59 Å². The molecule has 2 aromatic rings. The molecule has 2 rings (SSSR count). The molecular weight excluding hydrogens is 320 g/mol. The second-order valence-corrected chi connectivity index (χ2v) is 4.60. The molecule has 2 aromatic carbocycles. The number of nitrogens with one attached hydrogen (secondary N) is 1. The van der Waals surface area contributed by atoms with Crippen LogP contribution in [-0.4, -0.2) is 27.2 Å². The minimum Gasteiger partial charge on any atom is -0.506 e. The number of aromatic carboxylic acids is 1. The number of aromatic hydroxyl groups is 1. The average molecular weight is 332 g/mol. The SMILES string of the molecule is O=C(Nc1c(O)ccc([N+](=O)[O-])c1C(=O)O)OCc1ccccc1. The number of nitro groups is 1. The lowest BCUT2D eigenvalue weighted by atomic mass is 10.1. The van der Waals surface area contributed by atoms with E-state index in [9.17, 15) is 24.8 Å². The highest BCUT2D eigenvalue weighted by molar-refractivity contribution is 6.04. The summed E-state index contributed by atoms with van der Waals surface area (Å²) in [5.74, 6) is -2.30. The Kier molecular flexibility index (Phi) is 4.95. The Morgan fingerprint density at radius 2 is 1.83 bits per heavy atom. The van der Waals surface area contributed by atoms with Gasteiger partial charge in [0.1, 0.15) is 18.0 Å². The van der Waals surface area contributed by atoms with Crippen molar-refractivity contribution in [2.45, 2.75) is 6.61 Å². The zero-order chi connectivity index (χ0) is 17.7. The summed E-state index contributed by atoms with van der Waals surface area (Å²) in [6, 6.07) is 10.4. The van der Waals surface area contributed by atoms with Crippen molar-refractivity contribution in [1.82, 2.24) is 0 Å². The number of phenolic OH excluding ortho intramolecular Hbond substituents is 1. The quantitative estimate of drug-likeness (QED) is 0.434. The van der Waals surface area contributed by atoms with Crippen LogP contribution in [0.15, 0.2) is 42.5 Å². The molecule has 3 N–H and O–H groups in total. The van der Waals surface area contributed by atoms with Crippen molar-refractivity contribution in [3.63, 3.8) is 0 Å². The molecule has 0 fully saturated rings. The van der Waals surface area contributed by atoms with Crippen molar-refractivity contribution >= 4 is 23.4 Å². The number of carbonyl (C=O) groups excluding carboxylic acids is 1.